The molecule has 1 aliphatic rings. The van der Waals surface area contributed by atoms with Gasteiger partial charge >= 0.3 is 0 Å². The van der Waals surface area contributed by atoms with Crippen LogP contribution in [0, 0.1) is 5.92 Å². The smallest absolute Gasteiger partial charge is 0.273 e. The number of amides is 2. The van der Waals surface area contributed by atoms with Crippen molar-refractivity contribution in [1.82, 2.24) is 20.6 Å². The first kappa shape index (κ1) is 19.1. The molecule has 7 heteroatoms. The molecule has 2 amide bonds. The first-order valence-corrected chi connectivity index (χ1v) is 9.69. The van der Waals surface area contributed by atoms with Gasteiger partial charge in [0, 0.05) is 18.4 Å². The van der Waals surface area contributed by atoms with Gasteiger partial charge in [0.2, 0.25) is 5.91 Å². The molecule has 3 rings (SSSR count). The number of benzene rings is 1. The van der Waals surface area contributed by atoms with Gasteiger partial charge in [-0.2, -0.15) is 5.10 Å². The van der Waals surface area contributed by atoms with Crippen molar-refractivity contribution >= 4 is 22.6 Å². The Morgan fingerprint density at radius 1 is 1.11 bits per heavy atom. The average molecular weight is 370 g/mol. The van der Waals surface area contributed by atoms with E-state index in [9.17, 15) is 14.4 Å². The first-order chi connectivity index (χ1) is 13.1. The number of aryl methyl sites for hydroxylation is 1. The van der Waals surface area contributed by atoms with Crippen LogP contribution in [0.1, 0.15) is 62.4 Å². The van der Waals surface area contributed by atoms with E-state index < -0.39 is 5.91 Å². The van der Waals surface area contributed by atoms with Gasteiger partial charge in [0.25, 0.3) is 11.5 Å². The normalized spacial score (nSPS) is 14.9. The fourth-order valence-corrected chi connectivity index (χ4v) is 3.68. The van der Waals surface area contributed by atoms with E-state index in [1.54, 1.807) is 31.2 Å². The molecule has 144 valence electrons. The molecule has 0 radical (unpaired) electrons. The molecule has 1 heterocycles. The molecule has 0 saturated heterocycles. The molecule has 0 bridgehead atoms. The topological polar surface area (TPSA) is 93.1 Å². The van der Waals surface area contributed by atoms with Crippen molar-refractivity contribution < 1.29 is 9.59 Å². The van der Waals surface area contributed by atoms with Gasteiger partial charge in [-0.1, -0.05) is 50.3 Å². The van der Waals surface area contributed by atoms with Crippen LogP contribution in [0.2, 0.25) is 0 Å². The number of carbonyl (C=O) groups is 2. The van der Waals surface area contributed by atoms with E-state index in [1.807, 2.05) is 0 Å². The number of rotatable bonds is 5. The Balaban J connectivity index is 1.65. The van der Waals surface area contributed by atoms with Crippen LogP contribution >= 0.6 is 0 Å². The Morgan fingerprint density at radius 2 is 1.81 bits per heavy atom. The minimum atomic E-state index is -0.528. The minimum absolute atomic E-state index is 0.125. The molecule has 2 aromatic rings. The number of hydrazine groups is 1. The molecular formula is C20H26N4O3. The molecule has 1 aliphatic carbocycles. The summed E-state index contributed by atoms with van der Waals surface area (Å²) >= 11 is 0. The van der Waals surface area contributed by atoms with E-state index in [0.717, 1.165) is 6.42 Å². The second-order valence-corrected chi connectivity index (χ2v) is 7.06. The molecule has 7 nitrogen and oxygen atoms in total. The maximum Gasteiger partial charge on any atom is 0.290 e. The number of aromatic nitrogens is 2. The van der Waals surface area contributed by atoms with Gasteiger partial charge in [-0.05, 0) is 25.3 Å². The average Bonchev–Trinajstić information content (AvgIpc) is 2.71. The Morgan fingerprint density at radius 3 is 2.52 bits per heavy atom. The number of fused-ring (bicyclic) bond motifs is 1. The van der Waals surface area contributed by atoms with Crippen LogP contribution < -0.4 is 16.4 Å². The highest BCUT2D eigenvalue weighted by Crippen LogP contribution is 2.27. The van der Waals surface area contributed by atoms with Crippen LogP contribution in [0.4, 0.5) is 0 Å². The number of hydrogen-bond acceptors (Lipinski definition) is 4. The molecule has 1 aromatic heterocycles. The Kier molecular flexibility index (Phi) is 6.21. The van der Waals surface area contributed by atoms with E-state index in [1.165, 1.54) is 36.8 Å². The van der Waals surface area contributed by atoms with Crippen molar-refractivity contribution in [1.29, 1.82) is 0 Å². The summed E-state index contributed by atoms with van der Waals surface area (Å²) in [6, 6.07) is 6.85. The van der Waals surface area contributed by atoms with E-state index in [-0.39, 0.29) is 17.2 Å². The highest BCUT2D eigenvalue weighted by molar-refractivity contribution is 6.05. The van der Waals surface area contributed by atoms with Gasteiger partial charge < -0.3 is 0 Å². The third-order valence-electron chi connectivity index (χ3n) is 5.20. The van der Waals surface area contributed by atoms with Crippen molar-refractivity contribution in [3.8, 4) is 0 Å². The lowest BCUT2D eigenvalue weighted by Crippen LogP contribution is -2.42. The minimum Gasteiger partial charge on any atom is -0.273 e. The summed E-state index contributed by atoms with van der Waals surface area (Å²) in [5, 5.41) is 5.06. The zero-order valence-corrected chi connectivity index (χ0v) is 15.7. The lowest BCUT2D eigenvalue weighted by atomic mass is 9.86. The van der Waals surface area contributed by atoms with Crippen LogP contribution in [0.15, 0.2) is 29.1 Å². The highest BCUT2D eigenvalue weighted by Gasteiger charge is 2.18. The number of carbonyl (C=O) groups excluding carboxylic acids is 2. The summed E-state index contributed by atoms with van der Waals surface area (Å²) in [5.41, 5.74) is 4.79. The SMILES string of the molecule is CCn1nc(C(=O)NNC(=O)CCC2CCCCC2)c2ccccc2c1=O. The Hall–Kier alpha value is -2.70. The fraction of sp³-hybridized carbons (Fsp3) is 0.500. The summed E-state index contributed by atoms with van der Waals surface area (Å²) in [6.07, 6.45) is 7.41. The molecule has 0 spiro atoms. The Labute approximate surface area is 158 Å². The molecule has 1 aromatic carbocycles. The third-order valence-corrected chi connectivity index (χ3v) is 5.20. The Bertz CT molecular complexity index is 884. The van der Waals surface area contributed by atoms with Crippen molar-refractivity contribution in [2.45, 2.75) is 58.4 Å². The molecule has 27 heavy (non-hydrogen) atoms. The standard InChI is InChI=1S/C20H26N4O3/c1-2-24-20(27)16-11-7-6-10-15(16)18(23-24)19(26)22-21-17(25)13-12-14-8-4-3-5-9-14/h6-7,10-11,14H,2-5,8-9,12-13H2,1H3,(H,21,25)(H,22,26). The number of nitrogens with one attached hydrogen (secondary N) is 2. The van der Waals surface area contributed by atoms with Crippen molar-refractivity contribution in [3.63, 3.8) is 0 Å². The summed E-state index contributed by atoms with van der Waals surface area (Å²) in [4.78, 5) is 36.9. The summed E-state index contributed by atoms with van der Waals surface area (Å²) in [7, 11) is 0. The van der Waals surface area contributed by atoms with Gasteiger partial charge in [-0.15, -0.1) is 0 Å². The fourth-order valence-electron chi connectivity index (χ4n) is 3.68. The zero-order chi connectivity index (χ0) is 19.2. The maximum absolute atomic E-state index is 12.5. The van der Waals surface area contributed by atoms with Crippen LogP contribution in [0.3, 0.4) is 0 Å². The molecule has 2 N–H and O–H groups in total. The molecular weight excluding hydrogens is 344 g/mol. The maximum atomic E-state index is 12.5. The monoisotopic (exact) mass is 370 g/mol. The van der Waals surface area contributed by atoms with Gasteiger partial charge in [0.1, 0.15) is 0 Å². The van der Waals surface area contributed by atoms with Gasteiger partial charge in [-0.3, -0.25) is 25.2 Å². The van der Waals surface area contributed by atoms with E-state index in [4.69, 9.17) is 0 Å². The predicted octanol–water partition coefficient (Wildman–Crippen LogP) is 2.54. The molecule has 0 atom stereocenters. The summed E-state index contributed by atoms with van der Waals surface area (Å²) in [5.74, 6) is -0.125. The van der Waals surface area contributed by atoms with Gasteiger partial charge in [0.15, 0.2) is 5.69 Å². The molecule has 1 saturated carbocycles. The lowest BCUT2D eigenvalue weighted by molar-refractivity contribution is -0.122. The van der Waals surface area contributed by atoms with Gasteiger partial charge in [-0.25, -0.2) is 4.68 Å². The molecule has 0 unspecified atom stereocenters. The first-order valence-electron chi connectivity index (χ1n) is 9.69. The van der Waals surface area contributed by atoms with E-state index in [0.29, 0.717) is 29.7 Å². The van der Waals surface area contributed by atoms with E-state index in [2.05, 4.69) is 16.0 Å². The largest absolute Gasteiger partial charge is 0.290 e. The summed E-state index contributed by atoms with van der Waals surface area (Å²) < 4.78 is 1.25. The van der Waals surface area contributed by atoms with Crippen LogP contribution in [-0.2, 0) is 11.3 Å². The second-order valence-electron chi connectivity index (χ2n) is 7.06. The quantitative estimate of drug-likeness (QED) is 0.791. The highest BCUT2D eigenvalue weighted by atomic mass is 16.2. The van der Waals surface area contributed by atoms with Crippen molar-refractivity contribution in [2.24, 2.45) is 5.92 Å². The van der Waals surface area contributed by atoms with Crippen LogP contribution in [-0.4, -0.2) is 21.6 Å². The molecule has 1 fully saturated rings. The summed E-state index contributed by atoms with van der Waals surface area (Å²) in [6.45, 7) is 2.15. The second kappa shape index (κ2) is 8.79. The van der Waals surface area contributed by atoms with Crippen molar-refractivity contribution in [2.75, 3.05) is 0 Å². The molecule has 0 aliphatic heterocycles. The number of hydrogen-bond donors (Lipinski definition) is 2. The zero-order valence-electron chi connectivity index (χ0n) is 15.7. The predicted molar refractivity (Wildman–Crippen MR) is 103 cm³/mol. The van der Waals surface area contributed by atoms with Crippen LogP contribution in [0.5, 0.6) is 0 Å². The lowest BCUT2D eigenvalue weighted by Gasteiger charge is -2.21. The number of nitrogens with zero attached hydrogens (tertiary/aromatic N) is 2. The van der Waals surface area contributed by atoms with Gasteiger partial charge in [0.05, 0.1) is 5.39 Å². The van der Waals surface area contributed by atoms with E-state index >= 15 is 0 Å². The van der Waals surface area contributed by atoms with Crippen LogP contribution in [0.25, 0.3) is 10.8 Å². The third kappa shape index (κ3) is 4.53. The van der Waals surface area contributed by atoms with Crippen molar-refractivity contribution in [3.05, 3.63) is 40.3 Å².